The molecule has 2 N–H and O–H groups in total. The fourth-order valence-electron chi connectivity index (χ4n) is 5.32. The van der Waals surface area contributed by atoms with Crippen molar-refractivity contribution in [2.75, 3.05) is 18.0 Å². The van der Waals surface area contributed by atoms with E-state index in [0.717, 1.165) is 24.3 Å². The van der Waals surface area contributed by atoms with Crippen molar-refractivity contribution < 1.29 is 31.9 Å². The molecule has 2 heterocycles. The Morgan fingerprint density at radius 1 is 1.00 bits per heavy atom. The molecular weight excluding hydrogens is 592 g/mol. The molecule has 0 bridgehead atoms. The predicted molar refractivity (Wildman–Crippen MR) is 155 cm³/mol. The van der Waals surface area contributed by atoms with Crippen LogP contribution < -0.4 is 15.5 Å². The molecule has 0 radical (unpaired) electrons. The van der Waals surface area contributed by atoms with E-state index in [2.05, 4.69) is 15.7 Å². The minimum atomic E-state index is -4.71. The van der Waals surface area contributed by atoms with Crippen LogP contribution in [0.5, 0.6) is 0 Å². The van der Waals surface area contributed by atoms with Gasteiger partial charge in [0.05, 0.1) is 23.7 Å². The van der Waals surface area contributed by atoms with Crippen molar-refractivity contribution in [1.82, 2.24) is 20.4 Å². The molecule has 1 aromatic heterocycles. The zero-order valence-corrected chi connectivity index (χ0v) is 23.8. The number of fused-ring (bicyclic) bond motifs is 1. The summed E-state index contributed by atoms with van der Waals surface area (Å²) in [4.78, 5) is 42.6. The number of carbonyl (C=O) groups excluding carboxylic acids is 3. The number of para-hydroxylation sites is 1. The molecule has 0 spiro atoms. The summed E-state index contributed by atoms with van der Waals surface area (Å²) in [7, 11) is 0. The van der Waals surface area contributed by atoms with Crippen molar-refractivity contribution in [2.24, 2.45) is 0 Å². The first-order valence-corrected chi connectivity index (χ1v) is 13.9. The van der Waals surface area contributed by atoms with Crippen LogP contribution in [0.15, 0.2) is 78.9 Å². The van der Waals surface area contributed by atoms with Crippen LogP contribution in [0.4, 0.5) is 23.4 Å². The number of likely N-dealkylation sites (N-methyl/N-ethyl adjacent to an activating group) is 1. The molecule has 1 aliphatic heterocycles. The number of hydrogen-bond donors (Lipinski definition) is 2. The number of alkyl halides is 3. The summed E-state index contributed by atoms with van der Waals surface area (Å²) in [5, 5.41) is 18.8. The Balaban J connectivity index is 1.71. The van der Waals surface area contributed by atoms with Crippen LogP contribution in [0.1, 0.15) is 56.8 Å². The fraction of sp³-hybridized carbons (Fsp3) is 0.219. The molecule has 4 aromatic rings. The molecule has 3 amide bonds. The SMILES string of the molecule is CCN1C(=O)[C@@H](NC(=O)c2cccc(C(F)(F)F)c2)[C@@H](c2ccc(F)cc2)c2c(C(=O)NCCC#N)nn(-c3ccccc3)c21. The van der Waals surface area contributed by atoms with Gasteiger partial charge in [0.1, 0.15) is 17.7 Å². The number of carbonyl (C=O) groups is 3. The van der Waals surface area contributed by atoms with E-state index in [4.69, 9.17) is 5.26 Å². The molecule has 13 heteroatoms. The van der Waals surface area contributed by atoms with Crippen LogP contribution >= 0.6 is 0 Å². The molecule has 0 aliphatic carbocycles. The van der Waals surface area contributed by atoms with Gasteiger partial charge in [0.15, 0.2) is 5.69 Å². The highest BCUT2D eigenvalue weighted by molar-refractivity contribution is 6.07. The number of hydrogen-bond acceptors (Lipinski definition) is 5. The van der Waals surface area contributed by atoms with Crippen LogP contribution in [0.25, 0.3) is 5.69 Å². The number of aromatic nitrogens is 2. The number of anilines is 1. The topological polar surface area (TPSA) is 120 Å². The Labute approximate surface area is 255 Å². The first-order chi connectivity index (χ1) is 21.5. The lowest BCUT2D eigenvalue weighted by Crippen LogP contribution is -2.55. The van der Waals surface area contributed by atoms with Crippen molar-refractivity contribution >= 4 is 23.5 Å². The zero-order valence-electron chi connectivity index (χ0n) is 23.8. The first-order valence-electron chi connectivity index (χ1n) is 13.9. The maximum absolute atomic E-state index is 14.2. The molecule has 9 nitrogen and oxygen atoms in total. The maximum atomic E-state index is 14.2. The lowest BCUT2D eigenvalue weighted by Gasteiger charge is -2.38. The average molecular weight is 619 g/mol. The third-order valence-electron chi connectivity index (χ3n) is 7.35. The lowest BCUT2D eigenvalue weighted by atomic mass is 9.80. The van der Waals surface area contributed by atoms with Gasteiger partial charge in [-0.3, -0.25) is 19.3 Å². The van der Waals surface area contributed by atoms with Gasteiger partial charge in [-0.15, -0.1) is 0 Å². The van der Waals surface area contributed by atoms with Crippen molar-refractivity contribution in [3.8, 4) is 11.8 Å². The Morgan fingerprint density at radius 2 is 1.71 bits per heavy atom. The van der Waals surface area contributed by atoms with E-state index >= 15 is 0 Å². The van der Waals surface area contributed by atoms with Crippen molar-refractivity contribution in [3.05, 3.63) is 113 Å². The number of nitrogens with one attached hydrogen (secondary N) is 2. The minimum absolute atomic E-state index is 0.00957. The Hall–Kier alpha value is -5.51. The van der Waals surface area contributed by atoms with Crippen LogP contribution in [0.3, 0.4) is 0 Å². The molecule has 2 atom stereocenters. The van der Waals surface area contributed by atoms with Gasteiger partial charge in [0.2, 0.25) is 0 Å². The second kappa shape index (κ2) is 12.6. The van der Waals surface area contributed by atoms with Crippen LogP contribution in [0, 0.1) is 17.1 Å². The summed E-state index contributed by atoms with van der Waals surface area (Å²) in [6.07, 6.45) is -4.69. The average Bonchev–Trinajstić information content (AvgIpc) is 3.42. The van der Waals surface area contributed by atoms with Gasteiger partial charge < -0.3 is 10.6 Å². The van der Waals surface area contributed by atoms with Gasteiger partial charge in [-0.2, -0.15) is 23.5 Å². The molecular formula is C32H26F4N6O3. The normalized spacial score (nSPS) is 16.1. The number of nitrogens with zero attached hydrogens (tertiary/aromatic N) is 4. The van der Waals surface area contributed by atoms with Crippen LogP contribution in [0.2, 0.25) is 0 Å². The highest BCUT2D eigenvalue weighted by Gasteiger charge is 2.47. The van der Waals surface area contributed by atoms with E-state index < -0.39 is 47.2 Å². The van der Waals surface area contributed by atoms with E-state index in [-0.39, 0.29) is 42.1 Å². The third-order valence-corrected chi connectivity index (χ3v) is 7.35. The summed E-state index contributed by atoms with van der Waals surface area (Å²) in [6.45, 7) is 1.77. The van der Waals surface area contributed by atoms with Gasteiger partial charge in [0.25, 0.3) is 17.7 Å². The monoisotopic (exact) mass is 618 g/mol. The van der Waals surface area contributed by atoms with Gasteiger partial charge in [-0.25, -0.2) is 9.07 Å². The van der Waals surface area contributed by atoms with E-state index in [1.165, 1.54) is 27.8 Å². The number of halogens is 4. The lowest BCUT2D eigenvalue weighted by molar-refractivity contribution is -0.137. The van der Waals surface area contributed by atoms with Crippen molar-refractivity contribution in [1.29, 1.82) is 5.26 Å². The molecule has 1 aliphatic rings. The van der Waals surface area contributed by atoms with Gasteiger partial charge in [-0.1, -0.05) is 36.4 Å². The third kappa shape index (κ3) is 6.12. The quantitative estimate of drug-likeness (QED) is 0.214. The van der Waals surface area contributed by atoms with Gasteiger partial charge in [0, 0.05) is 30.1 Å². The van der Waals surface area contributed by atoms with Crippen molar-refractivity contribution in [2.45, 2.75) is 31.5 Å². The van der Waals surface area contributed by atoms with E-state index in [9.17, 15) is 31.9 Å². The molecule has 0 unspecified atom stereocenters. The van der Waals surface area contributed by atoms with Crippen LogP contribution in [-0.4, -0.2) is 46.6 Å². The highest BCUT2D eigenvalue weighted by Crippen LogP contribution is 2.43. The molecule has 0 saturated carbocycles. The second-order valence-corrected chi connectivity index (χ2v) is 10.1. The Kier molecular flexibility index (Phi) is 8.67. The molecule has 230 valence electrons. The van der Waals surface area contributed by atoms with E-state index in [1.54, 1.807) is 37.3 Å². The maximum Gasteiger partial charge on any atom is 0.416 e. The summed E-state index contributed by atoms with van der Waals surface area (Å²) in [5.74, 6) is -3.68. The predicted octanol–water partition coefficient (Wildman–Crippen LogP) is 4.97. The fourth-order valence-corrected chi connectivity index (χ4v) is 5.32. The summed E-state index contributed by atoms with van der Waals surface area (Å²) < 4.78 is 55.7. The second-order valence-electron chi connectivity index (χ2n) is 10.1. The Bertz CT molecular complexity index is 1780. The van der Waals surface area contributed by atoms with Crippen LogP contribution in [-0.2, 0) is 11.0 Å². The zero-order chi connectivity index (χ0) is 32.3. The van der Waals surface area contributed by atoms with Gasteiger partial charge >= 0.3 is 6.18 Å². The molecule has 3 aromatic carbocycles. The number of rotatable bonds is 8. The molecule has 0 saturated heterocycles. The Morgan fingerprint density at radius 3 is 2.36 bits per heavy atom. The number of nitriles is 1. The number of amides is 3. The largest absolute Gasteiger partial charge is 0.416 e. The van der Waals surface area contributed by atoms with E-state index in [1.807, 2.05) is 6.07 Å². The minimum Gasteiger partial charge on any atom is -0.350 e. The molecule has 5 rings (SSSR count). The van der Waals surface area contributed by atoms with Crippen molar-refractivity contribution in [3.63, 3.8) is 0 Å². The molecule has 45 heavy (non-hydrogen) atoms. The van der Waals surface area contributed by atoms with E-state index in [0.29, 0.717) is 17.3 Å². The summed E-state index contributed by atoms with van der Waals surface area (Å²) >= 11 is 0. The molecule has 0 fully saturated rings. The smallest absolute Gasteiger partial charge is 0.350 e. The standard InChI is InChI=1S/C32H26F4N6O3/c1-2-41-30-25(26(29(44)38-17-7-16-37)40-42(30)23-10-4-3-5-11-23)24(19-12-14-22(33)15-13-19)27(31(41)45)39-28(43)20-8-6-9-21(18-20)32(34,35)36/h3-6,8-15,18,24,27H,2,7,17H2,1H3,(H,38,44)(H,39,43)/t24-,27-/m0/s1. The number of benzene rings is 3. The highest BCUT2D eigenvalue weighted by atomic mass is 19.4. The summed E-state index contributed by atoms with van der Waals surface area (Å²) in [6, 6.07) is 18.1. The summed E-state index contributed by atoms with van der Waals surface area (Å²) in [5.41, 5.74) is -0.395. The first kappa shape index (κ1) is 30.9. The van der Waals surface area contributed by atoms with Gasteiger partial charge in [-0.05, 0) is 55.0 Å².